The maximum Gasteiger partial charge on any atom is 0.303 e. The van der Waals surface area contributed by atoms with Gasteiger partial charge in [-0.1, -0.05) is 34.4 Å². The summed E-state index contributed by atoms with van der Waals surface area (Å²) >= 11 is 2.35. The number of aromatic nitrogens is 2. The number of Topliss-reactive ketones (excluding diaryl/α,β-unsaturated/α-hetero) is 1. The van der Waals surface area contributed by atoms with Crippen LogP contribution in [0.1, 0.15) is 49.4 Å². The first-order valence-corrected chi connectivity index (χ1v) is 12.5. The zero-order valence-electron chi connectivity index (χ0n) is 17.9. The molecule has 1 saturated carbocycles. The zero-order valence-corrected chi connectivity index (χ0v) is 19.5. The number of piperidine rings is 1. The molecule has 7 nitrogen and oxygen atoms in total. The maximum absolute atomic E-state index is 14.7. The van der Waals surface area contributed by atoms with Gasteiger partial charge in [0.25, 0.3) is 0 Å². The number of rotatable bonds is 9. The molecule has 33 heavy (non-hydrogen) atoms. The Morgan fingerprint density at radius 2 is 2.03 bits per heavy atom. The normalized spacial score (nSPS) is 21.1. The number of carboxylic acids is 1. The summed E-state index contributed by atoms with van der Waals surface area (Å²) in [4.78, 5) is 38.4. The Kier molecular flexibility index (Phi) is 7.67. The molecule has 1 aliphatic carbocycles. The molecule has 1 N–H and O–H groups in total. The molecule has 0 spiro atoms. The van der Waals surface area contributed by atoms with Crippen LogP contribution in [0.25, 0.3) is 6.08 Å². The second-order valence-electron chi connectivity index (χ2n) is 8.28. The number of hydrogen-bond donors (Lipinski definition) is 1. The molecule has 1 aromatic carbocycles. The van der Waals surface area contributed by atoms with Crippen LogP contribution in [0.2, 0.25) is 0 Å². The number of thioether (sulfide) groups is 1. The van der Waals surface area contributed by atoms with Crippen molar-refractivity contribution in [1.82, 2.24) is 14.5 Å². The molecule has 1 aliphatic heterocycles. The summed E-state index contributed by atoms with van der Waals surface area (Å²) in [7, 11) is 0. The molecule has 2 fully saturated rings. The third-order valence-corrected chi connectivity index (χ3v) is 7.63. The molecule has 0 radical (unpaired) electrons. The lowest BCUT2D eigenvalue weighted by atomic mass is 9.93. The van der Waals surface area contributed by atoms with Crippen LogP contribution >= 0.6 is 23.3 Å². The average molecular weight is 490 g/mol. The molecule has 4 rings (SSSR count). The Morgan fingerprint density at radius 3 is 2.70 bits per heavy atom. The van der Waals surface area contributed by atoms with Gasteiger partial charge in [0.2, 0.25) is 0 Å². The topological polar surface area (TPSA) is 100 Å². The molecule has 10 heteroatoms. The van der Waals surface area contributed by atoms with E-state index in [0.717, 1.165) is 30.2 Å². The monoisotopic (exact) mass is 489 g/mol. The fourth-order valence-corrected chi connectivity index (χ4v) is 5.51. The van der Waals surface area contributed by atoms with Gasteiger partial charge in [0, 0.05) is 41.6 Å². The zero-order chi connectivity index (χ0) is 23.4. The molecular weight excluding hydrogens is 465 g/mol. The van der Waals surface area contributed by atoms with E-state index >= 15 is 0 Å². The third-order valence-electron chi connectivity index (χ3n) is 5.82. The number of carboxylic acid groups (broad SMARTS) is 1. The van der Waals surface area contributed by atoms with Crippen LogP contribution in [0.15, 0.2) is 35.2 Å². The molecule has 2 atom stereocenters. The smallest absolute Gasteiger partial charge is 0.303 e. The van der Waals surface area contributed by atoms with E-state index in [1.807, 2.05) is 11.0 Å². The van der Waals surface area contributed by atoms with Gasteiger partial charge in [0.15, 0.2) is 10.9 Å². The van der Waals surface area contributed by atoms with Crippen LogP contribution in [0, 0.1) is 11.7 Å². The summed E-state index contributed by atoms with van der Waals surface area (Å²) in [5.41, 5.74) is 1.94. The highest BCUT2D eigenvalue weighted by molar-refractivity contribution is 8.14. The summed E-state index contributed by atoms with van der Waals surface area (Å²) in [6.07, 6.45) is 3.88. The number of nitrogens with zero attached hydrogens (tertiary/aromatic N) is 3. The highest BCUT2D eigenvalue weighted by Crippen LogP contribution is 2.40. The molecule has 0 bridgehead atoms. The lowest BCUT2D eigenvalue weighted by molar-refractivity contribution is -0.138. The van der Waals surface area contributed by atoms with E-state index in [1.54, 1.807) is 23.6 Å². The number of carbonyl (C=O) groups is 3. The van der Waals surface area contributed by atoms with Crippen LogP contribution in [0.4, 0.5) is 4.39 Å². The lowest BCUT2D eigenvalue weighted by Gasteiger charge is -2.38. The number of carbonyl (C=O) groups excluding carboxylic acids is 2. The van der Waals surface area contributed by atoms with Crippen LogP contribution in [-0.4, -0.2) is 54.8 Å². The SMILES string of the molecule is O=C(O)CCC(=O)SC1CCN(C(C(=O)C2CC2)c2ccccc2F)C/C1=C\c1csnn1. The van der Waals surface area contributed by atoms with Crippen LogP contribution in [-0.2, 0) is 14.4 Å². The van der Waals surface area contributed by atoms with E-state index in [1.165, 1.54) is 17.6 Å². The predicted octanol–water partition coefficient (Wildman–Crippen LogP) is 3.98. The van der Waals surface area contributed by atoms with Crippen LogP contribution in [0.3, 0.4) is 0 Å². The van der Waals surface area contributed by atoms with Crippen molar-refractivity contribution in [2.24, 2.45) is 5.92 Å². The highest BCUT2D eigenvalue weighted by atomic mass is 32.2. The Morgan fingerprint density at radius 1 is 1.24 bits per heavy atom. The van der Waals surface area contributed by atoms with E-state index in [-0.39, 0.29) is 34.9 Å². The number of likely N-dealkylation sites (tertiary alicyclic amines) is 1. The Bertz CT molecular complexity index is 1060. The molecule has 1 saturated heterocycles. The summed E-state index contributed by atoms with van der Waals surface area (Å²) in [5.74, 6) is -1.40. The van der Waals surface area contributed by atoms with Crippen molar-refractivity contribution in [3.8, 4) is 0 Å². The Balaban J connectivity index is 1.59. The molecular formula is C23H24FN3O4S2. The van der Waals surface area contributed by atoms with Crippen molar-refractivity contribution in [1.29, 1.82) is 0 Å². The molecule has 2 unspecified atom stereocenters. The van der Waals surface area contributed by atoms with Crippen molar-refractivity contribution in [3.05, 3.63) is 52.3 Å². The number of benzene rings is 1. The van der Waals surface area contributed by atoms with Gasteiger partial charge in [-0.15, -0.1) is 5.10 Å². The van der Waals surface area contributed by atoms with E-state index in [2.05, 4.69) is 9.59 Å². The second-order valence-corrected chi connectivity index (χ2v) is 10.2. The molecule has 2 aliphatic rings. The van der Waals surface area contributed by atoms with Gasteiger partial charge in [-0.3, -0.25) is 19.3 Å². The summed E-state index contributed by atoms with van der Waals surface area (Å²) in [5, 5.41) is 14.4. The van der Waals surface area contributed by atoms with Crippen molar-refractivity contribution in [2.45, 2.75) is 43.4 Å². The van der Waals surface area contributed by atoms with Crippen molar-refractivity contribution in [2.75, 3.05) is 13.1 Å². The minimum Gasteiger partial charge on any atom is -0.481 e. The molecule has 2 heterocycles. The fraction of sp³-hybridized carbons (Fsp3) is 0.435. The molecule has 174 valence electrons. The minimum absolute atomic E-state index is 0.0329. The van der Waals surface area contributed by atoms with Crippen molar-refractivity contribution >= 4 is 46.2 Å². The number of halogens is 1. The predicted molar refractivity (Wildman–Crippen MR) is 124 cm³/mol. The van der Waals surface area contributed by atoms with Gasteiger partial charge in [-0.05, 0) is 48.5 Å². The molecule has 0 amide bonds. The first kappa shape index (κ1) is 23.7. The summed E-state index contributed by atoms with van der Waals surface area (Å²) in [6, 6.07) is 5.73. The van der Waals surface area contributed by atoms with Gasteiger partial charge in [-0.25, -0.2) is 4.39 Å². The van der Waals surface area contributed by atoms with Gasteiger partial charge < -0.3 is 5.11 Å². The number of ketones is 1. The lowest BCUT2D eigenvalue weighted by Crippen LogP contribution is -2.43. The number of aliphatic carboxylic acids is 1. The van der Waals surface area contributed by atoms with E-state index < -0.39 is 17.8 Å². The van der Waals surface area contributed by atoms with Gasteiger partial charge in [0.05, 0.1) is 18.2 Å². The van der Waals surface area contributed by atoms with Gasteiger partial charge in [-0.2, -0.15) is 0 Å². The molecule has 1 aromatic heterocycles. The Labute approximate surface area is 199 Å². The standard InChI is InChI=1S/C23H24FN3O4S2/c24-18-4-2-1-3-17(18)22(23(31)14-5-6-14)27-10-9-19(33-21(30)8-7-20(28)29)15(12-27)11-16-13-32-26-25-16/h1-4,11,13-14,19,22H,5-10,12H2,(H,28,29)/b15-11+. The summed E-state index contributed by atoms with van der Waals surface area (Å²) < 4.78 is 18.6. The van der Waals surface area contributed by atoms with Crippen LogP contribution in [0.5, 0.6) is 0 Å². The van der Waals surface area contributed by atoms with E-state index in [9.17, 15) is 18.8 Å². The summed E-state index contributed by atoms with van der Waals surface area (Å²) in [6.45, 7) is 0.910. The Hall–Kier alpha value is -2.43. The van der Waals surface area contributed by atoms with Crippen LogP contribution < -0.4 is 0 Å². The quantitative estimate of drug-likeness (QED) is 0.565. The maximum atomic E-state index is 14.7. The largest absolute Gasteiger partial charge is 0.481 e. The first-order valence-electron chi connectivity index (χ1n) is 10.8. The third kappa shape index (κ3) is 6.13. The van der Waals surface area contributed by atoms with E-state index in [4.69, 9.17) is 5.11 Å². The number of hydrogen-bond acceptors (Lipinski definition) is 8. The average Bonchev–Trinajstić information content (AvgIpc) is 3.52. The van der Waals surface area contributed by atoms with Crippen molar-refractivity contribution < 1.29 is 23.9 Å². The van der Waals surface area contributed by atoms with E-state index in [0.29, 0.717) is 30.8 Å². The second kappa shape index (κ2) is 10.7. The highest BCUT2D eigenvalue weighted by Gasteiger charge is 2.41. The van der Waals surface area contributed by atoms with Gasteiger partial charge in [0.1, 0.15) is 5.82 Å². The first-order chi connectivity index (χ1) is 15.9. The minimum atomic E-state index is -1.01. The van der Waals surface area contributed by atoms with Gasteiger partial charge >= 0.3 is 5.97 Å². The fourth-order valence-electron chi connectivity index (χ4n) is 4.05. The van der Waals surface area contributed by atoms with Crippen molar-refractivity contribution in [3.63, 3.8) is 0 Å². The molecule has 2 aromatic rings.